The molecule has 2 aromatic carbocycles. The number of carbonyl (C=O) groups excluding carboxylic acids is 1. The lowest BCUT2D eigenvalue weighted by atomic mass is 10.00. The summed E-state index contributed by atoms with van der Waals surface area (Å²) in [6, 6.07) is 18.1. The Morgan fingerprint density at radius 2 is 1.67 bits per heavy atom. The van der Waals surface area contributed by atoms with Crippen LogP contribution in [0.3, 0.4) is 0 Å². The number of pyridine rings is 1. The lowest BCUT2D eigenvalue weighted by molar-refractivity contribution is 0.0660. The molecule has 0 spiro atoms. The van der Waals surface area contributed by atoms with Crippen LogP contribution in [0.1, 0.15) is 23.3 Å². The summed E-state index contributed by atoms with van der Waals surface area (Å²) in [4.78, 5) is 28.3. The number of nitrogens with one attached hydrogen (secondary N) is 2. The monoisotopic (exact) mass is 544 g/mol. The van der Waals surface area contributed by atoms with Gasteiger partial charge in [0.1, 0.15) is 11.3 Å². The molecule has 0 radical (unpaired) electrons. The molecular formula is C29H32N6O3S. The van der Waals surface area contributed by atoms with Gasteiger partial charge in [-0.2, -0.15) is 0 Å². The number of aromatic amines is 1. The van der Waals surface area contributed by atoms with Gasteiger partial charge in [-0.3, -0.25) is 9.52 Å². The second kappa shape index (κ2) is 10.3. The molecule has 10 heteroatoms. The van der Waals surface area contributed by atoms with Crippen LogP contribution in [0.25, 0.3) is 22.2 Å². The molecule has 2 aliphatic heterocycles. The highest BCUT2D eigenvalue weighted by atomic mass is 32.2. The Kier molecular flexibility index (Phi) is 6.74. The number of benzene rings is 2. The summed E-state index contributed by atoms with van der Waals surface area (Å²) in [5.74, 6) is -0.112. The zero-order valence-electron chi connectivity index (χ0n) is 21.9. The van der Waals surface area contributed by atoms with Gasteiger partial charge in [0, 0.05) is 56.7 Å². The Labute approximate surface area is 228 Å². The molecule has 2 N–H and O–H groups in total. The Balaban J connectivity index is 1.50. The second-order valence-corrected chi connectivity index (χ2v) is 11.9. The largest absolute Gasteiger partial charge is 0.372 e. The molecule has 4 heterocycles. The van der Waals surface area contributed by atoms with Gasteiger partial charge in [0.25, 0.3) is 15.9 Å². The fourth-order valence-corrected chi connectivity index (χ4v) is 6.55. The maximum absolute atomic E-state index is 13.9. The number of nitrogens with zero attached hydrogens (tertiary/aromatic N) is 4. The van der Waals surface area contributed by atoms with Crippen LogP contribution in [0.2, 0.25) is 0 Å². The lowest BCUT2D eigenvalue weighted by Crippen LogP contribution is -2.47. The van der Waals surface area contributed by atoms with Crippen LogP contribution in [-0.2, 0) is 10.0 Å². The molecule has 2 saturated heterocycles. The molecule has 4 aromatic rings. The summed E-state index contributed by atoms with van der Waals surface area (Å²) < 4.78 is 29.4. The third-order valence-corrected chi connectivity index (χ3v) is 8.98. The number of piperazine rings is 1. The maximum atomic E-state index is 13.9. The van der Waals surface area contributed by atoms with Crippen LogP contribution in [-0.4, -0.2) is 80.4 Å². The molecule has 202 valence electrons. The van der Waals surface area contributed by atoms with E-state index in [-0.39, 0.29) is 10.8 Å². The van der Waals surface area contributed by atoms with Crippen LogP contribution in [0, 0.1) is 0 Å². The quantitative estimate of drug-likeness (QED) is 0.380. The fourth-order valence-electron chi connectivity index (χ4n) is 5.45. The number of hydrogen-bond acceptors (Lipinski definition) is 6. The van der Waals surface area contributed by atoms with E-state index < -0.39 is 10.0 Å². The molecule has 0 atom stereocenters. The van der Waals surface area contributed by atoms with Crippen LogP contribution >= 0.6 is 0 Å². The van der Waals surface area contributed by atoms with Crippen molar-refractivity contribution < 1.29 is 13.2 Å². The molecule has 0 bridgehead atoms. The molecule has 2 aliphatic rings. The highest BCUT2D eigenvalue weighted by Crippen LogP contribution is 2.39. The Morgan fingerprint density at radius 3 is 2.41 bits per heavy atom. The first kappa shape index (κ1) is 25.4. The van der Waals surface area contributed by atoms with Crippen molar-refractivity contribution in [3.05, 3.63) is 72.6 Å². The van der Waals surface area contributed by atoms with E-state index >= 15 is 0 Å². The number of carbonyl (C=O) groups is 1. The number of rotatable bonds is 6. The number of aromatic nitrogens is 2. The molecule has 0 aliphatic carbocycles. The van der Waals surface area contributed by atoms with Gasteiger partial charge in [-0.15, -0.1) is 0 Å². The minimum absolute atomic E-state index is 0.112. The van der Waals surface area contributed by atoms with Gasteiger partial charge in [-0.1, -0.05) is 30.3 Å². The van der Waals surface area contributed by atoms with Crippen molar-refractivity contribution in [1.29, 1.82) is 0 Å². The third kappa shape index (κ3) is 4.97. The van der Waals surface area contributed by atoms with E-state index in [4.69, 9.17) is 0 Å². The number of sulfonamides is 1. The Bertz CT molecular complexity index is 1600. The number of amides is 1. The molecule has 39 heavy (non-hydrogen) atoms. The summed E-state index contributed by atoms with van der Waals surface area (Å²) in [7, 11) is -1.81. The van der Waals surface area contributed by atoms with Crippen molar-refractivity contribution in [2.24, 2.45) is 0 Å². The summed E-state index contributed by atoms with van der Waals surface area (Å²) in [6.45, 7) is 4.83. The summed E-state index contributed by atoms with van der Waals surface area (Å²) in [5, 5.41) is 0.577. The first-order valence-corrected chi connectivity index (χ1v) is 14.8. The maximum Gasteiger partial charge on any atom is 0.271 e. The van der Waals surface area contributed by atoms with E-state index in [1.54, 1.807) is 42.6 Å². The number of hydrogen-bond donors (Lipinski definition) is 2. The van der Waals surface area contributed by atoms with Gasteiger partial charge in [0.2, 0.25) is 0 Å². The first-order chi connectivity index (χ1) is 18.9. The van der Waals surface area contributed by atoms with Crippen molar-refractivity contribution in [3.8, 4) is 11.1 Å². The molecule has 0 saturated carbocycles. The molecule has 0 unspecified atom stereocenters. The third-order valence-electron chi connectivity index (χ3n) is 7.60. The van der Waals surface area contributed by atoms with Gasteiger partial charge in [-0.25, -0.2) is 13.4 Å². The predicted octanol–water partition coefficient (Wildman–Crippen LogP) is 4.02. The van der Waals surface area contributed by atoms with Crippen molar-refractivity contribution >= 4 is 38.3 Å². The van der Waals surface area contributed by atoms with Crippen LogP contribution < -0.4 is 9.62 Å². The van der Waals surface area contributed by atoms with E-state index in [0.717, 1.165) is 50.3 Å². The van der Waals surface area contributed by atoms with E-state index in [9.17, 15) is 13.2 Å². The van der Waals surface area contributed by atoms with Gasteiger partial charge in [0.05, 0.1) is 16.0 Å². The minimum atomic E-state index is -3.86. The SMILES string of the molecule is CN1CCN(C(=O)c2[nH]c3nccc(NS(=O)(=O)c4ccccc4)c3c2-c2cccc(N3CCCC3)c2)CC1. The number of H-pyrrole nitrogens is 1. The molecule has 2 fully saturated rings. The van der Waals surface area contributed by atoms with Gasteiger partial charge < -0.3 is 19.7 Å². The van der Waals surface area contributed by atoms with Crippen LogP contribution in [0.5, 0.6) is 0 Å². The summed E-state index contributed by atoms with van der Waals surface area (Å²) in [5.41, 5.74) is 3.85. The smallest absolute Gasteiger partial charge is 0.271 e. The number of fused-ring (bicyclic) bond motifs is 1. The second-order valence-electron chi connectivity index (χ2n) is 10.2. The highest BCUT2D eigenvalue weighted by Gasteiger charge is 2.29. The number of likely N-dealkylation sites (N-methyl/N-ethyl adjacent to an activating group) is 1. The number of anilines is 2. The average molecular weight is 545 g/mol. The average Bonchev–Trinajstić information content (AvgIpc) is 3.63. The summed E-state index contributed by atoms with van der Waals surface area (Å²) >= 11 is 0. The summed E-state index contributed by atoms with van der Waals surface area (Å²) in [6.07, 6.45) is 3.86. The van der Waals surface area contributed by atoms with Crippen LogP contribution in [0.15, 0.2) is 71.8 Å². The van der Waals surface area contributed by atoms with Crippen molar-refractivity contribution in [1.82, 2.24) is 19.8 Å². The molecule has 1 amide bonds. The Hall–Kier alpha value is -3.89. The van der Waals surface area contributed by atoms with Gasteiger partial charge in [0.15, 0.2) is 0 Å². The molecule has 6 rings (SSSR count). The van der Waals surface area contributed by atoms with Crippen molar-refractivity contribution in [3.63, 3.8) is 0 Å². The van der Waals surface area contributed by atoms with E-state index in [2.05, 4.69) is 43.7 Å². The normalized spacial score (nSPS) is 16.6. The van der Waals surface area contributed by atoms with E-state index in [1.807, 2.05) is 17.0 Å². The minimum Gasteiger partial charge on any atom is -0.372 e. The van der Waals surface area contributed by atoms with E-state index in [1.165, 1.54) is 0 Å². The molecular weight excluding hydrogens is 512 g/mol. The first-order valence-electron chi connectivity index (χ1n) is 13.3. The van der Waals surface area contributed by atoms with E-state index in [0.29, 0.717) is 41.1 Å². The van der Waals surface area contributed by atoms with Crippen molar-refractivity contribution in [2.45, 2.75) is 17.7 Å². The standard InChI is InChI=1S/C29H32N6O3S/c1-33-16-18-35(19-17-33)29(36)27-25(21-8-7-9-22(20-21)34-14-5-6-15-34)26-24(12-13-30-28(26)31-27)32-39(37,38)23-10-3-2-4-11-23/h2-4,7-13,20H,5-6,14-19H2,1H3,(H2,30,31,32). The fraction of sp³-hybridized carbons (Fsp3) is 0.310. The predicted molar refractivity (Wildman–Crippen MR) is 154 cm³/mol. The molecule has 2 aromatic heterocycles. The zero-order valence-corrected chi connectivity index (χ0v) is 22.7. The lowest BCUT2D eigenvalue weighted by Gasteiger charge is -2.32. The van der Waals surface area contributed by atoms with Gasteiger partial charge >= 0.3 is 0 Å². The topological polar surface area (TPSA) is 102 Å². The van der Waals surface area contributed by atoms with Crippen molar-refractivity contribution in [2.75, 3.05) is 55.9 Å². The van der Waals surface area contributed by atoms with Gasteiger partial charge in [-0.05, 0) is 55.8 Å². The molecule has 9 nitrogen and oxygen atoms in total. The Morgan fingerprint density at radius 1 is 0.923 bits per heavy atom. The highest BCUT2D eigenvalue weighted by molar-refractivity contribution is 7.92. The van der Waals surface area contributed by atoms with Crippen LogP contribution in [0.4, 0.5) is 11.4 Å². The zero-order chi connectivity index (χ0) is 27.0.